The lowest BCUT2D eigenvalue weighted by molar-refractivity contribution is -0.155. The lowest BCUT2D eigenvalue weighted by Gasteiger charge is -2.21. The summed E-state index contributed by atoms with van der Waals surface area (Å²) in [4.78, 5) is 0. The third-order valence-electron chi connectivity index (χ3n) is 3.45. The average Bonchev–Trinajstić information content (AvgIpc) is 2.54. The maximum atomic E-state index is 9.97. The van der Waals surface area contributed by atoms with Crippen molar-refractivity contribution in [3.8, 4) is 17.6 Å². The maximum Gasteiger partial charge on any atom is 0.157 e. The number of para-hydroxylation sites is 1. The molecule has 1 aliphatic heterocycles. The van der Waals surface area contributed by atoms with Crippen LogP contribution in [0.5, 0.6) is 5.75 Å². The van der Waals surface area contributed by atoms with Gasteiger partial charge < -0.3 is 19.7 Å². The van der Waals surface area contributed by atoms with Crippen molar-refractivity contribution in [3.05, 3.63) is 41.5 Å². The minimum absolute atomic E-state index is 0.0451. The Kier molecular flexibility index (Phi) is 6.47. The van der Waals surface area contributed by atoms with Crippen LogP contribution >= 0.6 is 0 Å². The largest absolute Gasteiger partial charge is 0.508 e. The zero-order valence-electron chi connectivity index (χ0n) is 12.8. The number of phenolic OH excluding ortho intramolecular Hbond substituents is 1. The summed E-state index contributed by atoms with van der Waals surface area (Å²) in [5, 5.41) is 19.6. The van der Waals surface area contributed by atoms with Crippen LogP contribution in [0.15, 0.2) is 35.9 Å². The van der Waals surface area contributed by atoms with Crippen LogP contribution in [-0.4, -0.2) is 29.7 Å². The Morgan fingerprint density at radius 3 is 3.00 bits per heavy atom. The summed E-state index contributed by atoms with van der Waals surface area (Å²) in [6.45, 7) is 3.06. The highest BCUT2D eigenvalue weighted by Gasteiger charge is 2.12. The minimum atomic E-state index is -1.01. The van der Waals surface area contributed by atoms with Crippen LogP contribution in [0.3, 0.4) is 0 Å². The first-order valence-electron chi connectivity index (χ1n) is 7.54. The van der Waals surface area contributed by atoms with Gasteiger partial charge in [0.05, 0.1) is 6.61 Å². The molecule has 2 N–H and O–H groups in total. The monoisotopic (exact) mass is 302 g/mol. The molecule has 1 saturated heterocycles. The van der Waals surface area contributed by atoms with Crippen LogP contribution in [0.2, 0.25) is 0 Å². The average molecular weight is 302 g/mol. The quantitative estimate of drug-likeness (QED) is 0.840. The molecule has 0 aliphatic carbocycles. The predicted molar refractivity (Wildman–Crippen MR) is 84.1 cm³/mol. The van der Waals surface area contributed by atoms with Gasteiger partial charge in [-0.2, -0.15) is 0 Å². The molecule has 118 valence electrons. The summed E-state index contributed by atoms with van der Waals surface area (Å²) >= 11 is 0. The third-order valence-corrected chi connectivity index (χ3v) is 3.45. The molecule has 1 fully saturated rings. The topological polar surface area (TPSA) is 58.9 Å². The zero-order chi connectivity index (χ0) is 15.8. The van der Waals surface area contributed by atoms with Crippen LogP contribution in [-0.2, 0) is 9.47 Å². The SMILES string of the molecule is C/C(C#CC(O)c1ccccc1O)=C/COC1CCCCO1. The van der Waals surface area contributed by atoms with E-state index in [0.29, 0.717) is 12.2 Å². The highest BCUT2D eigenvalue weighted by atomic mass is 16.7. The number of aliphatic hydroxyl groups is 1. The van der Waals surface area contributed by atoms with Gasteiger partial charge in [0.2, 0.25) is 0 Å². The van der Waals surface area contributed by atoms with E-state index < -0.39 is 6.10 Å². The summed E-state index contributed by atoms with van der Waals surface area (Å²) in [6.07, 6.45) is 3.92. The fourth-order valence-corrected chi connectivity index (χ4v) is 2.15. The van der Waals surface area contributed by atoms with Crippen molar-refractivity contribution in [2.45, 2.75) is 38.6 Å². The van der Waals surface area contributed by atoms with Crippen molar-refractivity contribution in [1.82, 2.24) is 0 Å². The lowest BCUT2D eigenvalue weighted by Crippen LogP contribution is -2.22. The number of rotatable bonds is 4. The molecule has 2 rings (SSSR count). The highest BCUT2D eigenvalue weighted by Crippen LogP contribution is 2.22. The molecular formula is C18H22O4. The minimum Gasteiger partial charge on any atom is -0.508 e. The number of phenols is 1. The molecule has 0 bridgehead atoms. The molecule has 1 aromatic rings. The summed E-state index contributed by atoms with van der Waals surface area (Å²) in [5.74, 6) is 5.64. The standard InChI is InChI=1S/C18H22O4/c1-14(11-13-22-18-8-4-5-12-21-18)9-10-17(20)15-6-2-3-7-16(15)19/h2-3,6-7,11,17-20H,4-5,8,12-13H2,1H3/b14-11-. The number of allylic oxidation sites excluding steroid dienone is 1. The number of benzene rings is 1. The van der Waals surface area contributed by atoms with E-state index in [2.05, 4.69) is 11.8 Å². The number of ether oxygens (including phenoxy) is 2. The molecule has 2 atom stereocenters. The number of hydrogen-bond donors (Lipinski definition) is 2. The molecule has 1 aliphatic rings. The van der Waals surface area contributed by atoms with Crippen molar-refractivity contribution < 1.29 is 19.7 Å². The first-order valence-corrected chi connectivity index (χ1v) is 7.54. The van der Waals surface area contributed by atoms with Gasteiger partial charge >= 0.3 is 0 Å². The molecule has 4 nitrogen and oxygen atoms in total. The molecule has 22 heavy (non-hydrogen) atoms. The van der Waals surface area contributed by atoms with Crippen LogP contribution in [0, 0.1) is 11.8 Å². The van der Waals surface area contributed by atoms with E-state index in [-0.39, 0.29) is 12.0 Å². The fourth-order valence-electron chi connectivity index (χ4n) is 2.15. The van der Waals surface area contributed by atoms with E-state index in [4.69, 9.17) is 9.47 Å². The van der Waals surface area contributed by atoms with Gasteiger partial charge in [0.15, 0.2) is 6.29 Å². The second-order valence-corrected chi connectivity index (χ2v) is 5.25. The maximum absolute atomic E-state index is 9.97. The molecule has 1 aromatic carbocycles. The predicted octanol–water partition coefficient (Wildman–Crippen LogP) is 2.92. The van der Waals surface area contributed by atoms with Crippen molar-refractivity contribution in [2.75, 3.05) is 13.2 Å². The smallest absolute Gasteiger partial charge is 0.157 e. The van der Waals surface area contributed by atoms with Crippen molar-refractivity contribution in [3.63, 3.8) is 0 Å². The van der Waals surface area contributed by atoms with E-state index >= 15 is 0 Å². The lowest BCUT2D eigenvalue weighted by atomic mass is 10.1. The van der Waals surface area contributed by atoms with E-state index in [0.717, 1.165) is 31.4 Å². The van der Waals surface area contributed by atoms with Gasteiger partial charge in [0, 0.05) is 12.2 Å². The number of aromatic hydroxyl groups is 1. The first kappa shape index (κ1) is 16.6. The van der Waals surface area contributed by atoms with Gasteiger partial charge in [-0.05, 0) is 43.9 Å². The molecule has 0 saturated carbocycles. The van der Waals surface area contributed by atoms with Crippen LogP contribution < -0.4 is 0 Å². The molecule has 4 heteroatoms. The van der Waals surface area contributed by atoms with Gasteiger partial charge in [0.25, 0.3) is 0 Å². The molecule has 2 unspecified atom stereocenters. The molecule has 0 radical (unpaired) electrons. The molecule has 0 spiro atoms. The number of aliphatic hydroxyl groups excluding tert-OH is 1. The Balaban J connectivity index is 1.84. The van der Waals surface area contributed by atoms with E-state index in [9.17, 15) is 10.2 Å². The van der Waals surface area contributed by atoms with Gasteiger partial charge in [-0.15, -0.1) is 0 Å². The molecule has 1 heterocycles. The van der Waals surface area contributed by atoms with Crippen molar-refractivity contribution >= 4 is 0 Å². The Morgan fingerprint density at radius 2 is 2.27 bits per heavy atom. The van der Waals surface area contributed by atoms with Crippen LogP contribution in [0.25, 0.3) is 0 Å². The van der Waals surface area contributed by atoms with E-state index in [1.54, 1.807) is 18.2 Å². The molecule has 0 aromatic heterocycles. The van der Waals surface area contributed by atoms with Crippen molar-refractivity contribution in [2.24, 2.45) is 0 Å². The van der Waals surface area contributed by atoms with Crippen LogP contribution in [0.4, 0.5) is 0 Å². The Labute approximate surface area is 131 Å². The fraction of sp³-hybridized carbons (Fsp3) is 0.444. The normalized spacial score (nSPS) is 20.1. The molecule has 0 amide bonds. The van der Waals surface area contributed by atoms with Gasteiger partial charge in [-0.3, -0.25) is 0 Å². The zero-order valence-corrected chi connectivity index (χ0v) is 12.8. The van der Waals surface area contributed by atoms with E-state index in [1.165, 1.54) is 6.07 Å². The number of hydrogen-bond acceptors (Lipinski definition) is 4. The summed E-state index contributed by atoms with van der Waals surface area (Å²) in [7, 11) is 0. The van der Waals surface area contributed by atoms with Gasteiger partial charge in [0.1, 0.15) is 11.9 Å². The summed E-state index contributed by atoms with van der Waals surface area (Å²) in [5.41, 5.74) is 1.22. The van der Waals surface area contributed by atoms with Crippen molar-refractivity contribution in [1.29, 1.82) is 0 Å². The Bertz CT molecular complexity index is 562. The molecular weight excluding hydrogens is 280 g/mol. The Morgan fingerprint density at radius 1 is 1.45 bits per heavy atom. The van der Waals surface area contributed by atoms with Gasteiger partial charge in [-0.25, -0.2) is 0 Å². The highest BCUT2D eigenvalue weighted by molar-refractivity contribution is 5.39. The first-order chi connectivity index (χ1) is 10.7. The Hall–Kier alpha value is -1.80. The summed E-state index contributed by atoms with van der Waals surface area (Å²) < 4.78 is 11.1. The van der Waals surface area contributed by atoms with E-state index in [1.807, 2.05) is 13.0 Å². The van der Waals surface area contributed by atoms with Gasteiger partial charge in [-0.1, -0.05) is 30.0 Å². The third kappa shape index (κ3) is 5.19. The van der Waals surface area contributed by atoms with Crippen LogP contribution in [0.1, 0.15) is 37.9 Å². The second kappa shape index (κ2) is 8.60. The summed E-state index contributed by atoms with van der Waals surface area (Å²) in [6, 6.07) is 6.63. The second-order valence-electron chi connectivity index (χ2n) is 5.25.